The molecule has 30 heavy (non-hydrogen) atoms. The third-order valence-electron chi connectivity index (χ3n) is 4.86. The molecule has 1 atom stereocenters. The molecule has 8 heteroatoms. The number of nitrogens with one attached hydrogen (secondary N) is 1. The number of hydrogen-bond donors (Lipinski definition) is 1. The van der Waals surface area contributed by atoms with Crippen LogP contribution >= 0.6 is 35.4 Å². The number of anilines is 2. The van der Waals surface area contributed by atoms with Crippen molar-refractivity contribution in [2.24, 2.45) is 0 Å². The second-order valence-corrected chi connectivity index (χ2v) is 8.03. The predicted molar refractivity (Wildman–Crippen MR) is 126 cm³/mol. The van der Waals surface area contributed by atoms with E-state index in [-0.39, 0.29) is 29.9 Å². The van der Waals surface area contributed by atoms with Gasteiger partial charge in [0.1, 0.15) is 6.04 Å². The second kappa shape index (κ2) is 9.60. The summed E-state index contributed by atoms with van der Waals surface area (Å²) < 4.78 is 0. The number of thiocarbonyl (C=S) groups is 1. The van der Waals surface area contributed by atoms with Crippen LogP contribution in [0.15, 0.2) is 55.1 Å². The van der Waals surface area contributed by atoms with E-state index in [9.17, 15) is 9.59 Å². The Bertz CT molecular complexity index is 994. The maximum absolute atomic E-state index is 13.2. The van der Waals surface area contributed by atoms with Gasteiger partial charge in [0.15, 0.2) is 5.11 Å². The highest BCUT2D eigenvalue weighted by Gasteiger charge is 2.43. The number of halogens is 2. The minimum absolute atomic E-state index is 0.0211. The molecule has 0 unspecified atom stereocenters. The summed E-state index contributed by atoms with van der Waals surface area (Å²) in [6, 6.07) is 11.6. The van der Waals surface area contributed by atoms with Crippen molar-refractivity contribution in [3.63, 3.8) is 0 Å². The van der Waals surface area contributed by atoms with Gasteiger partial charge in [0, 0.05) is 11.6 Å². The lowest BCUT2D eigenvalue weighted by atomic mass is 10.1. The van der Waals surface area contributed by atoms with Crippen LogP contribution in [0.3, 0.4) is 0 Å². The zero-order chi connectivity index (χ0) is 21.8. The van der Waals surface area contributed by atoms with E-state index < -0.39 is 6.04 Å². The standard InChI is InChI=1S/C22H21Cl2N3O2S/c1-3-11-26(22(30)25-18-12-15(23)7-10-17(18)24)19-13-20(28)27(21(19)29)16-8-5-14(4-2)6-9-16/h3,5-10,12,19H,1,4,11,13H2,2H3,(H,25,30)/t19-/m0/s1. The topological polar surface area (TPSA) is 52.7 Å². The summed E-state index contributed by atoms with van der Waals surface area (Å²) in [4.78, 5) is 28.7. The third-order valence-corrected chi connectivity index (χ3v) is 5.76. The maximum atomic E-state index is 13.2. The van der Waals surface area contributed by atoms with E-state index in [0.29, 0.717) is 21.4 Å². The van der Waals surface area contributed by atoms with Crippen LogP contribution in [-0.2, 0) is 16.0 Å². The van der Waals surface area contributed by atoms with Gasteiger partial charge in [0.05, 0.1) is 22.8 Å². The summed E-state index contributed by atoms with van der Waals surface area (Å²) >= 11 is 17.8. The van der Waals surface area contributed by atoms with E-state index >= 15 is 0 Å². The zero-order valence-corrected chi connectivity index (χ0v) is 18.7. The lowest BCUT2D eigenvalue weighted by molar-refractivity contribution is -0.122. The summed E-state index contributed by atoms with van der Waals surface area (Å²) in [5.74, 6) is -0.598. The summed E-state index contributed by atoms with van der Waals surface area (Å²) in [6.07, 6.45) is 2.53. The van der Waals surface area contributed by atoms with Gasteiger partial charge < -0.3 is 10.2 Å². The quantitative estimate of drug-likeness (QED) is 0.369. The largest absolute Gasteiger partial charge is 0.333 e. The lowest BCUT2D eigenvalue weighted by Crippen LogP contribution is -2.47. The van der Waals surface area contributed by atoms with E-state index in [1.54, 1.807) is 41.3 Å². The van der Waals surface area contributed by atoms with Crippen LogP contribution in [0.2, 0.25) is 10.0 Å². The first-order chi connectivity index (χ1) is 14.3. The molecule has 0 aromatic heterocycles. The fourth-order valence-electron chi connectivity index (χ4n) is 3.28. The van der Waals surface area contributed by atoms with Gasteiger partial charge in [-0.2, -0.15) is 0 Å². The van der Waals surface area contributed by atoms with Gasteiger partial charge in [-0.15, -0.1) is 6.58 Å². The van der Waals surface area contributed by atoms with Crippen molar-refractivity contribution in [1.29, 1.82) is 0 Å². The molecule has 5 nitrogen and oxygen atoms in total. The Kier molecular flexibility index (Phi) is 7.13. The Morgan fingerprint density at radius 3 is 2.60 bits per heavy atom. The molecule has 0 saturated carbocycles. The van der Waals surface area contributed by atoms with E-state index in [0.717, 1.165) is 12.0 Å². The molecule has 1 heterocycles. The summed E-state index contributed by atoms with van der Waals surface area (Å²) in [5.41, 5.74) is 2.21. The number of aryl methyl sites for hydroxylation is 1. The molecule has 0 radical (unpaired) electrons. The van der Waals surface area contributed by atoms with E-state index in [1.165, 1.54) is 4.90 Å². The number of hydrogen-bond acceptors (Lipinski definition) is 3. The number of carbonyl (C=O) groups excluding carboxylic acids is 2. The van der Waals surface area contributed by atoms with Crippen LogP contribution in [0, 0.1) is 0 Å². The van der Waals surface area contributed by atoms with Gasteiger partial charge in [-0.3, -0.25) is 9.59 Å². The fraction of sp³-hybridized carbons (Fsp3) is 0.227. The highest BCUT2D eigenvalue weighted by molar-refractivity contribution is 7.80. The van der Waals surface area contributed by atoms with Crippen LogP contribution in [0.5, 0.6) is 0 Å². The van der Waals surface area contributed by atoms with Gasteiger partial charge in [-0.25, -0.2) is 4.90 Å². The predicted octanol–water partition coefficient (Wildman–Crippen LogP) is 5.07. The average molecular weight is 462 g/mol. The minimum Gasteiger partial charge on any atom is -0.333 e. The van der Waals surface area contributed by atoms with Gasteiger partial charge in [-0.05, 0) is 54.5 Å². The van der Waals surface area contributed by atoms with E-state index in [4.69, 9.17) is 35.4 Å². The van der Waals surface area contributed by atoms with Crippen LogP contribution in [-0.4, -0.2) is 34.4 Å². The van der Waals surface area contributed by atoms with Crippen molar-refractivity contribution in [3.05, 3.63) is 70.7 Å². The van der Waals surface area contributed by atoms with Gasteiger partial charge in [0.25, 0.3) is 5.91 Å². The number of benzene rings is 2. The first-order valence-corrected chi connectivity index (χ1v) is 10.6. The molecular formula is C22H21Cl2N3O2S. The molecule has 0 aliphatic carbocycles. The molecule has 2 aromatic carbocycles. The Labute approximate surface area is 191 Å². The lowest BCUT2D eigenvalue weighted by Gasteiger charge is -2.29. The fourth-order valence-corrected chi connectivity index (χ4v) is 3.93. The number of amides is 2. The highest BCUT2D eigenvalue weighted by Crippen LogP contribution is 2.29. The first-order valence-electron chi connectivity index (χ1n) is 9.45. The molecule has 1 aliphatic heterocycles. The van der Waals surface area contributed by atoms with Crippen molar-refractivity contribution in [2.45, 2.75) is 25.8 Å². The number of carbonyl (C=O) groups is 2. The van der Waals surface area contributed by atoms with Crippen molar-refractivity contribution in [3.8, 4) is 0 Å². The first kappa shape index (κ1) is 22.3. The Balaban J connectivity index is 1.83. The molecular weight excluding hydrogens is 441 g/mol. The van der Waals surface area contributed by atoms with Gasteiger partial charge >= 0.3 is 0 Å². The number of imide groups is 1. The normalized spacial score (nSPS) is 16.0. The molecule has 1 N–H and O–H groups in total. The van der Waals surface area contributed by atoms with E-state index in [2.05, 4.69) is 11.9 Å². The Morgan fingerprint density at radius 1 is 1.27 bits per heavy atom. The van der Waals surface area contributed by atoms with Crippen LogP contribution in [0.1, 0.15) is 18.9 Å². The molecule has 2 aromatic rings. The molecule has 0 bridgehead atoms. The molecule has 2 amide bonds. The van der Waals surface area contributed by atoms with Crippen LogP contribution in [0.4, 0.5) is 11.4 Å². The highest BCUT2D eigenvalue weighted by atomic mass is 35.5. The molecule has 3 rings (SSSR count). The second-order valence-electron chi connectivity index (χ2n) is 6.80. The molecule has 156 valence electrons. The van der Waals surface area contributed by atoms with Crippen molar-refractivity contribution in [1.82, 2.24) is 4.90 Å². The molecule has 1 fully saturated rings. The van der Waals surface area contributed by atoms with Gasteiger partial charge in [0.2, 0.25) is 5.91 Å². The summed E-state index contributed by atoms with van der Waals surface area (Å²) in [7, 11) is 0. The van der Waals surface area contributed by atoms with Crippen molar-refractivity contribution in [2.75, 3.05) is 16.8 Å². The zero-order valence-electron chi connectivity index (χ0n) is 16.4. The van der Waals surface area contributed by atoms with E-state index in [1.807, 2.05) is 19.1 Å². The average Bonchev–Trinajstić information content (AvgIpc) is 3.02. The van der Waals surface area contributed by atoms with Crippen molar-refractivity contribution >= 4 is 63.7 Å². The molecule has 0 spiro atoms. The SMILES string of the molecule is C=CCN(C(=S)Nc1cc(Cl)ccc1Cl)[C@H]1CC(=O)N(c2ccc(CC)cc2)C1=O. The third kappa shape index (κ3) is 4.67. The van der Waals surface area contributed by atoms with Crippen LogP contribution < -0.4 is 10.2 Å². The monoisotopic (exact) mass is 461 g/mol. The molecule has 1 aliphatic rings. The number of rotatable bonds is 6. The summed E-state index contributed by atoms with van der Waals surface area (Å²) in [5, 5.41) is 4.22. The van der Waals surface area contributed by atoms with Crippen LogP contribution in [0.25, 0.3) is 0 Å². The van der Waals surface area contributed by atoms with Crippen molar-refractivity contribution < 1.29 is 9.59 Å². The summed E-state index contributed by atoms with van der Waals surface area (Å²) in [6.45, 7) is 6.08. The minimum atomic E-state index is -0.737. The smallest absolute Gasteiger partial charge is 0.257 e. The molecule has 1 saturated heterocycles. The number of nitrogens with zero attached hydrogens (tertiary/aromatic N) is 2. The maximum Gasteiger partial charge on any atom is 0.257 e. The Hall–Kier alpha value is -2.41. The Morgan fingerprint density at radius 2 is 1.97 bits per heavy atom. The van der Waals surface area contributed by atoms with Gasteiger partial charge in [-0.1, -0.05) is 48.3 Å².